The number of aromatic nitrogens is 1. The highest BCUT2D eigenvalue weighted by Crippen LogP contribution is 2.22. The largest absolute Gasteiger partial charge is 0.347 e. The van der Waals surface area contributed by atoms with Crippen molar-refractivity contribution < 1.29 is 13.2 Å². The molecule has 1 amide bonds. The second-order valence-electron chi connectivity index (χ2n) is 6.10. The predicted molar refractivity (Wildman–Crippen MR) is 114 cm³/mol. The molecule has 2 heterocycles. The van der Waals surface area contributed by atoms with E-state index in [1.807, 2.05) is 24.4 Å². The van der Waals surface area contributed by atoms with E-state index in [1.165, 1.54) is 11.8 Å². The lowest BCUT2D eigenvalue weighted by Crippen LogP contribution is -2.23. The number of pyridine rings is 1. The Labute approximate surface area is 173 Å². The van der Waals surface area contributed by atoms with Crippen molar-refractivity contribution in [3.05, 3.63) is 76.1 Å². The fraction of sp³-hybridized carbons (Fsp3) is 0.200. The lowest BCUT2D eigenvalue weighted by molar-refractivity contribution is 0.0947. The molecule has 0 fully saturated rings. The molecule has 0 unspecified atom stereocenters. The molecule has 28 heavy (non-hydrogen) atoms. The fourth-order valence-corrected chi connectivity index (χ4v) is 5.75. The summed E-state index contributed by atoms with van der Waals surface area (Å²) in [4.78, 5) is 18.1. The van der Waals surface area contributed by atoms with Gasteiger partial charge in [0, 0.05) is 16.8 Å². The van der Waals surface area contributed by atoms with Crippen LogP contribution in [0.2, 0.25) is 0 Å². The molecule has 0 aliphatic carbocycles. The zero-order valence-electron chi connectivity index (χ0n) is 15.3. The minimum absolute atomic E-state index is 0.0203. The van der Waals surface area contributed by atoms with Crippen molar-refractivity contribution in [2.75, 3.05) is 11.5 Å². The van der Waals surface area contributed by atoms with E-state index in [-0.39, 0.29) is 11.7 Å². The molecule has 146 valence electrons. The Morgan fingerprint density at radius 1 is 1.14 bits per heavy atom. The van der Waals surface area contributed by atoms with Crippen LogP contribution in [-0.2, 0) is 16.4 Å². The summed E-state index contributed by atoms with van der Waals surface area (Å²) in [6.45, 7) is 2.37. The summed E-state index contributed by atoms with van der Waals surface area (Å²) in [7, 11) is -3.37. The molecule has 3 aromatic rings. The van der Waals surface area contributed by atoms with Crippen molar-refractivity contribution >= 4 is 38.8 Å². The normalized spacial score (nSPS) is 11.3. The first-order chi connectivity index (χ1) is 13.5. The first-order valence-electron chi connectivity index (χ1n) is 8.63. The number of thioether (sulfide) groups is 1. The number of benzene rings is 1. The lowest BCUT2D eigenvalue weighted by Gasteiger charge is -2.09. The Morgan fingerprint density at radius 2 is 1.93 bits per heavy atom. The summed E-state index contributed by atoms with van der Waals surface area (Å²) in [5.74, 6) is 0.0804. The molecule has 5 nitrogen and oxygen atoms in total. The summed E-state index contributed by atoms with van der Waals surface area (Å²) < 4.78 is 24.9. The highest BCUT2D eigenvalue weighted by molar-refractivity contribution is 8.00. The number of nitrogens with zero attached hydrogens (tertiary/aromatic N) is 1. The van der Waals surface area contributed by atoms with Gasteiger partial charge in [0.15, 0.2) is 9.84 Å². The highest BCUT2D eigenvalue weighted by Gasteiger charge is 2.17. The molecule has 0 aliphatic heterocycles. The number of carbonyl (C=O) groups is 1. The molecule has 3 rings (SSSR count). The van der Waals surface area contributed by atoms with Crippen LogP contribution in [-0.4, -0.2) is 30.8 Å². The number of thiophene rings is 1. The quantitative estimate of drug-likeness (QED) is 0.546. The molecular weight excluding hydrogens is 412 g/mol. The zero-order chi connectivity index (χ0) is 20.0. The van der Waals surface area contributed by atoms with Crippen LogP contribution in [0.4, 0.5) is 0 Å². The van der Waals surface area contributed by atoms with Gasteiger partial charge < -0.3 is 5.32 Å². The first-order valence-corrected chi connectivity index (χ1v) is 12.2. The Morgan fingerprint density at radius 3 is 2.64 bits per heavy atom. The van der Waals surface area contributed by atoms with Gasteiger partial charge in [-0.25, -0.2) is 13.4 Å². The molecule has 2 aromatic heterocycles. The van der Waals surface area contributed by atoms with E-state index < -0.39 is 9.84 Å². The summed E-state index contributed by atoms with van der Waals surface area (Å²) in [5.41, 5.74) is 1.47. The van der Waals surface area contributed by atoms with Gasteiger partial charge in [-0.15, -0.1) is 23.1 Å². The zero-order valence-corrected chi connectivity index (χ0v) is 17.7. The van der Waals surface area contributed by atoms with Gasteiger partial charge in [0.2, 0.25) is 0 Å². The third-order valence-corrected chi connectivity index (χ3v) is 7.86. The molecule has 0 bridgehead atoms. The molecule has 8 heteroatoms. The molecule has 0 aliphatic rings. The van der Waals surface area contributed by atoms with Crippen LogP contribution in [0.15, 0.2) is 70.0 Å². The Hall–Kier alpha value is -2.16. The number of rotatable bonds is 8. The maximum atomic E-state index is 12.5. The van der Waals surface area contributed by atoms with Crippen LogP contribution in [0.1, 0.15) is 20.8 Å². The lowest BCUT2D eigenvalue weighted by atomic mass is 10.2. The minimum atomic E-state index is -3.37. The predicted octanol–water partition coefficient (Wildman–Crippen LogP) is 3.95. The van der Waals surface area contributed by atoms with Crippen molar-refractivity contribution in [1.29, 1.82) is 0 Å². The van der Waals surface area contributed by atoms with E-state index in [2.05, 4.69) is 10.3 Å². The van der Waals surface area contributed by atoms with Crippen LogP contribution in [0.25, 0.3) is 0 Å². The van der Waals surface area contributed by atoms with Gasteiger partial charge in [-0.2, -0.15) is 0 Å². The molecule has 0 saturated heterocycles. The highest BCUT2D eigenvalue weighted by atomic mass is 32.2. The van der Waals surface area contributed by atoms with Gasteiger partial charge in [-0.05, 0) is 42.6 Å². The van der Waals surface area contributed by atoms with E-state index in [9.17, 15) is 13.2 Å². The van der Waals surface area contributed by atoms with Gasteiger partial charge in [-0.3, -0.25) is 4.79 Å². The number of carbonyl (C=O) groups excluding carboxylic acids is 1. The second kappa shape index (κ2) is 9.36. The number of sulfone groups is 1. The minimum Gasteiger partial charge on any atom is -0.347 e. The van der Waals surface area contributed by atoms with Gasteiger partial charge in [0.1, 0.15) is 5.03 Å². The van der Waals surface area contributed by atoms with E-state index in [0.29, 0.717) is 27.8 Å². The number of hydrogen-bond donors (Lipinski definition) is 1. The average molecular weight is 433 g/mol. The number of hydrogen-bond acceptors (Lipinski definition) is 6. The third-order valence-electron chi connectivity index (χ3n) is 3.99. The maximum absolute atomic E-state index is 12.5. The van der Waals surface area contributed by atoms with Crippen LogP contribution in [0.3, 0.4) is 0 Å². The van der Waals surface area contributed by atoms with Crippen LogP contribution >= 0.6 is 23.1 Å². The Bertz CT molecular complexity index is 1030. The SMILES string of the molecule is Cc1ccc(S(=O)(=O)CCSc2ncccc2C(=O)NCc2cccs2)cc1. The standard InChI is InChI=1S/C20H20N2O3S3/c1-15-6-8-17(9-7-15)28(24,25)13-12-27-20-18(5-2-10-21-20)19(23)22-14-16-4-3-11-26-16/h2-11H,12-14H2,1H3,(H,22,23). The van der Waals surface area contributed by atoms with Crippen molar-refractivity contribution in [1.82, 2.24) is 10.3 Å². The summed E-state index contributed by atoms with van der Waals surface area (Å²) in [5, 5.41) is 5.37. The first kappa shape index (κ1) is 20.6. The fourth-order valence-electron chi connectivity index (χ4n) is 2.47. The molecule has 0 saturated carbocycles. The third kappa shape index (κ3) is 5.43. The number of amides is 1. The smallest absolute Gasteiger partial charge is 0.254 e. The monoisotopic (exact) mass is 432 g/mol. The maximum Gasteiger partial charge on any atom is 0.254 e. The molecule has 0 atom stereocenters. The van der Waals surface area contributed by atoms with Crippen molar-refractivity contribution in [3.8, 4) is 0 Å². The molecule has 1 N–H and O–H groups in total. The van der Waals surface area contributed by atoms with Gasteiger partial charge in [0.25, 0.3) is 5.91 Å². The summed E-state index contributed by atoms with van der Waals surface area (Å²) in [6, 6.07) is 14.1. The van der Waals surface area contributed by atoms with Crippen molar-refractivity contribution in [2.24, 2.45) is 0 Å². The van der Waals surface area contributed by atoms with Gasteiger partial charge in [0.05, 0.1) is 22.8 Å². The summed E-state index contributed by atoms with van der Waals surface area (Å²) >= 11 is 2.85. The molecular formula is C20H20N2O3S3. The van der Waals surface area contributed by atoms with Gasteiger partial charge >= 0.3 is 0 Å². The van der Waals surface area contributed by atoms with E-state index in [0.717, 1.165) is 10.4 Å². The molecule has 1 aromatic carbocycles. The van der Waals surface area contributed by atoms with Crippen LogP contribution < -0.4 is 5.32 Å². The van der Waals surface area contributed by atoms with E-state index in [4.69, 9.17) is 0 Å². The van der Waals surface area contributed by atoms with Crippen molar-refractivity contribution in [3.63, 3.8) is 0 Å². The number of aryl methyl sites for hydroxylation is 1. The van der Waals surface area contributed by atoms with Crippen LogP contribution in [0, 0.1) is 6.92 Å². The molecule has 0 radical (unpaired) electrons. The van der Waals surface area contributed by atoms with Crippen LogP contribution in [0.5, 0.6) is 0 Å². The van der Waals surface area contributed by atoms with E-state index in [1.54, 1.807) is 53.9 Å². The van der Waals surface area contributed by atoms with Crippen molar-refractivity contribution in [2.45, 2.75) is 23.4 Å². The second-order valence-corrected chi connectivity index (χ2v) is 10.3. The average Bonchev–Trinajstić information content (AvgIpc) is 3.20. The number of nitrogens with one attached hydrogen (secondary N) is 1. The van der Waals surface area contributed by atoms with Gasteiger partial charge in [-0.1, -0.05) is 23.8 Å². The molecule has 0 spiro atoms. The Kier molecular flexibility index (Phi) is 6.88. The summed E-state index contributed by atoms with van der Waals surface area (Å²) in [6.07, 6.45) is 1.60. The Balaban J connectivity index is 1.61. The van der Waals surface area contributed by atoms with E-state index >= 15 is 0 Å². The topological polar surface area (TPSA) is 76.1 Å².